The first-order valence-corrected chi connectivity index (χ1v) is 11.1. The molecule has 0 saturated carbocycles. The zero-order valence-corrected chi connectivity index (χ0v) is 18.6. The highest BCUT2D eigenvalue weighted by Crippen LogP contribution is 2.21. The summed E-state index contributed by atoms with van der Waals surface area (Å²) in [6.07, 6.45) is 2.47. The first-order valence-electron chi connectivity index (χ1n) is 11.1. The number of ether oxygens (including phenoxy) is 2. The molecule has 0 atom stereocenters. The molecular weight excluding hydrogens is 412 g/mol. The molecule has 0 spiro atoms. The quantitative estimate of drug-likeness (QED) is 0.593. The lowest BCUT2D eigenvalue weighted by Gasteiger charge is -2.30. The van der Waals surface area contributed by atoms with Crippen LogP contribution in [0.2, 0.25) is 0 Å². The SMILES string of the molecule is CCCOc1cccc(-c2nnc(CCC(=O)N3CCC(C(=O)OCC)CC3)c(=O)[nH]2)c1. The van der Waals surface area contributed by atoms with Crippen molar-refractivity contribution in [3.63, 3.8) is 0 Å². The van der Waals surface area contributed by atoms with Gasteiger partial charge in [-0.25, -0.2) is 0 Å². The Bertz CT molecular complexity index is 982. The average Bonchev–Trinajstić information content (AvgIpc) is 2.82. The molecule has 1 saturated heterocycles. The maximum absolute atomic E-state index is 12.5. The van der Waals surface area contributed by atoms with Crippen LogP contribution in [0.25, 0.3) is 11.4 Å². The number of esters is 1. The lowest BCUT2D eigenvalue weighted by atomic mass is 9.96. The zero-order valence-electron chi connectivity index (χ0n) is 18.6. The molecule has 1 aromatic heterocycles. The summed E-state index contributed by atoms with van der Waals surface area (Å²) >= 11 is 0. The molecule has 32 heavy (non-hydrogen) atoms. The van der Waals surface area contributed by atoms with Gasteiger partial charge in [0.25, 0.3) is 5.56 Å². The Balaban J connectivity index is 1.55. The van der Waals surface area contributed by atoms with Crippen molar-refractivity contribution in [1.82, 2.24) is 20.1 Å². The smallest absolute Gasteiger partial charge is 0.309 e. The van der Waals surface area contributed by atoms with Gasteiger partial charge < -0.3 is 19.4 Å². The number of hydrogen-bond acceptors (Lipinski definition) is 7. The summed E-state index contributed by atoms with van der Waals surface area (Å²) in [4.78, 5) is 41.3. The lowest BCUT2D eigenvalue weighted by Crippen LogP contribution is -2.40. The highest BCUT2D eigenvalue weighted by molar-refractivity contribution is 5.77. The summed E-state index contributed by atoms with van der Waals surface area (Å²) in [6, 6.07) is 7.30. The number of carbonyl (C=O) groups is 2. The summed E-state index contributed by atoms with van der Waals surface area (Å²) in [6.45, 7) is 5.82. The summed E-state index contributed by atoms with van der Waals surface area (Å²) in [7, 11) is 0. The second kappa shape index (κ2) is 11.4. The highest BCUT2D eigenvalue weighted by atomic mass is 16.5. The molecule has 0 unspecified atom stereocenters. The highest BCUT2D eigenvalue weighted by Gasteiger charge is 2.28. The van der Waals surface area contributed by atoms with E-state index in [2.05, 4.69) is 15.2 Å². The van der Waals surface area contributed by atoms with Crippen molar-refractivity contribution >= 4 is 11.9 Å². The number of likely N-dealkylation sites (tertiary alicyclic amines) is 1. The van der Waals surface area contributed by atoms with Crippen molar-refractivity contribution in [2.45, 2.75) is 46.0 Å². The first-order chi connectivity index (χ1) is 15.5. The Morgan fingerprint density at radius 3 is 2.66 bits per heavy atom. The topological polar surface area (TPSA) is 114 Å². The number of hydrogen-bond donors (Lipinski definition) is 1. The van der Waals surface area contributed by atoms with Crippen molar-refractivity contribution < 1.29 is 19.1 Å². The van der Waals surface area contributed by atoms with Crippen LogP contribution >= 0.6 is 0 Å². The molecule has 172 valence electrons. The second-order valence-corrected chi connectivity index (χ2v) is 7.73. The third-order valence-electron chi connectivity index (χ3n) is 5.39. The molecule has 0 radical (unpaired) electrons. The van der Waals surface area contributed by atoms with E-state index in [1.807, 2.05) is 25.1 Å². The van der Waals surface area contributed by atoms with E-state index in [4.69, 9.17) is 9.47 Å². The molecule has 1 fully saturated rings. The van der Waals surface area contributed by atoms with Gasteiger partial charge in [-0.3, -0.25) is 14.4 Å². The summed E-state index contributed by atoms with van der Waals surface area (Å²) in [5.74, 6) is 0.662. The number of nitrogens with one attached hydrogen (secondary N) is 1. The van der Waals surface area contributed by atoms with Crippen LogP contribution in [0.1, 0.15) is 45.2 Å². The number of benzene rings is 1. The number of H-pyrrole nitrogens is 1. The van der Waals surface area contributed by atoms with Gasteiger partial charge >= 0.3 is 5.97 Å². The number of aryl methyl sites for hydroxylation is 1. The van der Waals surface area contributed by atoms with Gasteiger partial charge in [0.15, 0.2) is 5.82 Å². The van der Waals surface area contributed by atoms with Crippen LogP contribution < -0.4 is 10.3 Å². The molecule has 1 aliphatic rings. The molecule has 3 rings (SSSR count). The largest absolute Gasteiger partial charge is 0.494 e. The normalized spacial score (nSPS) is 14.2. The molecule has 1 N–H and O–H groups in total. The minimum atomic E-state index is -0.358. The van der Waals surface area contributed by atoms with Gasteiger partial charge in [0.1, 0.15) is 11.4 Å². The monoisotopic (exact) mass is 442 g/mol. The molecule has 1 amide bonds. The number of aromatic nitrogens is 3. The summed E-state index contributed by atoms with van der Waals surface area (Å²) in [5, 5.41) is 8.18. The van der Waals surface area contributed by atoms with E-state index in [-0.39, 0.29) is 41.9 Å². The van der Waals surface area contributed by atoms with E-state index < -0.39 is 0 Å². The van der Waals surface area contributed by atoms with E-state index in [9.17, 15) is 14.4 Å². The number of carbonyl (C=O) groups excluding carboxylic acids is 2. The predicted molar refractivity (Wildman–Crippen MR) is 118 cm³/mol. The number of nitrogens with zero attached hydrogens (tertiary/aromatic N) is 3. The van der Waals surface area contributed by atoms with E-state index in [1.165, 1.54) is 0 Å². The molecule has 2 aromatic rings. The van der Waals surface area contributed by atoms with Crippen LogP contribution in [0.3, 0.4) is 0 Å². The molecule has 1 aliphatic heterocycles. The first kappa shape index (κ1) is 23.4. The van der Waals surface area contributed by atoms with Gasteiger partial charge in [-0.05, 0) is 38.3 Å². The number of rotatable bonds is 9. The molecule has 9 heteroatoms. The Kier molecular flexibility index (Phi) is 8.35. The molecule has 0 bridgehead atoms. The van der Waals surface area contributed by atoms with Crippen molar-refractivity contribution in [3.05, 3.63) is 40.3 Å². The minimum Gasteiger partial charge on any atom is -0.494 e. The number of piperidine rings is 1. The average molecular weight is 443 g/mol. The van der Waals surface area contributed by atoms with Crippen LogP contribution in [-0.2, 0) is 20.7 Å². The lowest BCUT2D eigenvalue weighted by molar-refractivity contribution is -0.151. The number of aromatic amines is 1. The van der Waals surface area contributed by atoms with E-state index in [0.717, 1.165) is 6.42 Å². The van der Waals surface area contributed by atoms with Gasteiger partial charge in [0.05, 0.1) is 19.1 Å². The van der Waals surface area contributed by atoms with Crippen molar-refractivity contribution in [3.8, 4) is 17.1 Å². The number of amides is 1. The Hall–Kier alpha value is -3.23. The van der Waals surface area contributed by atoms with E-state index in [0.29, 0.717) is 56.3 Å². The minimum absolute atomic E-state index is 0.0571. The Morgan fingerprint density at radius 1 is 1.19 bits per heavy atom. The zero-order chi connectivity index (χ0) is 22.9. The fourth-order valence-electron chi connectivity index (χ4n) is 3.62. The van der Waals surface area contributed by atoms with Gasteiger partial charge in [-0.1, -0.05) is 19.1 Å². The van der Waals surface area contributed by atoms with E-state index in [1.54, 1.807) is 17.9 Å². The van der Waals surface area contributed by atoms with Crippen molar-refractivity contribution in [2.75, 3.05) is 26.3 Å². The molecule has 0 aliphatic carbocycles. The van der Waals surface area contributed by atoms with Gasteiger partial charge in [0.2, 0.25) is 5.91 Å². The predicted octanol–water partition coefficient (Wildman–Crippen LogP) is 2.35. The summed E-state index contributed by atoms with van der Waals surface area (Å²) < 4.78 is 10.7. The third-order valence-corrected chi connectivity index (χ3v) is 5.39. The van der Waals surface area contributed by atoms with Crippen LogP contribution in [0.4, 0.5) is 0 Å². The second-order valence-electron chi connectivity index (χ2n) is 7.73. The van der Waals surface area contributed by atoms with Gasteiger partial charge in [0, 0.05) is 31.5 Å². The van der Waals surface area contributed by atoms with E-state index >= 15 is 0 Å². The maximum Gasteiger partial charge on any atom is 0.309 e. The Labute approximate surface area is 187 Å². The van der Waals surface area contributed by atoms with Crippen LogP contribution in [0.15, 0.2) is 29.1 Å². The van der Waals surface area contributed by atoms with Crippen LogP contribution in [-0.4, -0.2) is 58.3 Å². The molecular formula is C23H30N4O5. The molecule has 1 aromatic carbocycles. The maximum atomic E-state index is 12.5. The van der Waals surface area contributed by atoms with Crippen molar-refractivity contribution in [1.29, 1.82) is 0 Å². The van der Waals surface area contributed by atoms with Gasteiger partial charge in [-0.2, -0.15) is 0 Å². The fourth-order valence-corrected chi connectivity index (χ4v) is 3.62. The van der Waals surface area contributed by atoms with Crippen LogP contribution in [0, 0.1) is 5.92 Å². The third kappa shape index (κ3) is 6.15. The molecule has 2 heterocycles. The Morgan fingerprint density at radius 2 is 1.97 bits per heavy atom. The van der Waals surface area contributed by atoms with Gasteiger partial charge in [-0.15, -0.1) is 10.2 Å². The summed E-state index contributed by atoms with van der Waals surface area (Å²) in [5.41, 5.74) is 0.570. The van der Waals surface area contributed by atoms with Crippen LogP contribution in [0.5, 0.6) is 5.75 Å². The standard InChI is InChI=1S/C23H30N4O5/c1-3-14-32-18-7-5-6-17(15-18)21-24-22(29)19(25-26-21)8-9-20(28)27-12-10-16(11-13-27)23(30)31-4-2/h5-7,15-16H,3-4,8-14H2,1-2H3,(H,24,26,29). The van der Waals surface area contributed by atoms with Crippen molar-refractivity contribution in [2.24, 2.45) is 5.92 Å². The molecule has 9 nitrogen and oxygen atoms in total. The fraction of sp³-hybridized carbons (Fsp3) is 0.522.